The van der Waals surface area contributed by atoms with Crippen LogP contribution in [0.15, 0.2) is 6.33 Å². The van der Waals surface area contributed by atoms with E-state index in [1.807, 2.05) is 6.92 Å². The fourth-order valence-electron chi connectivity index (χ4n) is 1.69. The minimum Gasteiger partial charge on any atom is -0.476 e. The Hall–Kier alpha value is -1.96. The van der Waals surface area contributed by atoms with Crippen molar-refractivity contribution in [2.24, 2.45) is 0 Å². The van der Waals surface area contributed by atoms with E-state index in [-0.39, 0.29) is 30.5 Å². The molecule has 0 saturated heterocycles. The van der Waals surface area contributed by atoms with Gasteiger partial charge in [0.15, 0.2) is 0 Å². The Kier molecular flexibility index (Phi) is 5.94. The van der Waals surface area contributed by atoms with Crippen LogP contribution in [-0.2, 0) is 0 Å². The first-order valence-corrected chi connectivity index (χ1v) is 6.04. The summed E-state index contributed by atoms with van der Waals surface area (Å²) in [4.78, 5) is 19.9. The molecule has 0 aliphatic heterocycles. The molecule has 1 aromatic rings. The number of hydrogen-bond donors (Lipinski definition) is 1. The van der Waals surface area contributed by atoms with E-state index in [1.165, 1.54) is 13.4 Å². The summed E-state index contributed by atoms with van der Waals surface area (Å²) in [6, 6.07) is 0. The average Bonchev–Trinajstić information content (AvgIpc) is 2.42. The molecule has 0 aliphatic carbocycles. The van der Waals surface area contributed by atoms with Crippen molar-refractivity contribution in [2.75, 3.05) is 31.7 Å². The first-order valence-electron chi connectivity index (χ1n) is 6.04. The fraction of sp³-hybridized carbons (Fsp3) is 0.636. The molecule has 1 N–H and O–H groups in total. The predicted molar refractivity (Wildman–Crippen MR) is 69.4 cm³/mol. The summed E-state index contributed by atoms with van der Waals surface area (Å²) in [5.74, 6) is 0.105. The molecule has 8 nitrogen and oxygen atoms in total. The Morgan fingerprint density at radius 3 is 2.74 bits per heavy atom. The van der Waals surface area contributed by atoms with Crippen molar-refractivity contribution < 1.29 is 14.8 Å². The highest BCUT2D eigenvalue weighted by Crippen LogP contribution is 2.33. The van der Waals surface area contributed by atoms with Crippen molar-refractivity contribution in [3.05, 3.63) is 16.4 Å². The number of rotatable bonds is 8. The van der Waals surface area contributed by atoms with Gasteiger partial charge >= 0.3 is 5.69 Å². The lowest BCUT2D eigenvalue weighted by Gasteiger charge is -2.22. The molecule has 0 amide bonds. The second-order valence-electron chi connectivity index (χ2n) is 3.88. The Bertz CT molecular complexity index is 427. The molecule has 1 rings (SSSR count). The molecule has 0 aromatic carbocycles. The molecule has 0 saturated carbocycles. The lowest BCUT2D eigenvalue weighted by Crippen LogP contribution is -2.29. The van der Waals surface area contributed by atoms with Gasteiger partial charge in [-0.3, -0.25) is 10.1 Å². The Morgan fingerprint density at radius 1 is 1.47 bits per heavy atom. The summed E-state index contributed by atoms with van der Waals surface area (Å²) in [7, 11) is 1.32. The highest BCUT2D eigenvalue weighted by molar-refractivity contribution is 5.62. The van der Waals surface area contributed by atoms with Gasteiger partial charge in [-0.1, -0.05) is 13.3 Å². The third kappa shape index (κ3) is 3.75. The quantitative estimate of drug-likeness (QED) is 0.555. The van der Waals surface area contributed by atoms with Gasteiger partial charge in [0.05, 0.1) is 18.6 Å². The van der Waals surface area contributed by atoms with Crippen molar-refractivity contribution in [3.8, 4) is 5.88 Å². The fourth-order valence-corrected chi connectivity index (χ4v) is 1.69. The van der Waals surface area contributed by atoms with Gasteiger partial charge < -0.3 is 14.7 Å². The normalized spacial score (nSPS) is 10.3. The van der Waals surface area contributed by atoms with Crippen LogP contribution < -0.4 is 9.64 Å². The largest absolute Gasteiger partial charge is 0.476 e. The average molecular weight is 270 g/mol. The van der Waals surface area contributed by atoms with E-state index < -0.39 is 4.92 Å². The summed E-state index contributed by atoms with van der Waals surface area (Å²) in [5, 5.41) is 20.2. The van der Waals surface area contributed by atoms with Crippen LogP contribution in [0.25, 0.3) is 0 Å². The standard InChI is InChI=1S/C11H18N4O4/c1-3-4-5-14(6-7-16)10-9(15(17)18)11(19-2)13-8-12-10/h8,16H,3-7H2,1-2H3. The monoisotopic (exact) mass is 270 g/mol. The number of aliphatic hydroxyl groups excluding tert-OH is 1. The van der Waals surface area contributed by atoms with Gasteiger partial charge in [-0.2, -0.15) is 4.98 Å². The topological polar surface area (TPSA) is 102 Å². The SMILES string of the molecule is CCCCN(CCO)c1ncnc(OC)c1[N+](=O)[O-]. The van der Waals surface area contributed by atoms with Crippen LogP contribution in [0.5, 0.6) is 5.88 Å². The molecular weight excluding hydrogens is 252 g/mol. The molecule has 0 radical (unpaired) electrons. The van der Waals surface area contributed by atoms with Crippen LogP contribution in [-0.4, -0.2) is 46.8 Å². The zero-order chi connectivity index (χ0) is 14.3. The zero-order valence-electron chi connectivity index (χ0n) is 11.1. The molecule has 0 atom stereocenters. The zero-order valence-corrected chi connectivity index (χ0v) is 11.1. The van der Waals surface area contributed by atoms with E-state index in [1.54, 1.807) is 4.90 Å². The minimum atomic E-state index is -0.565. The van der Waals surface area contributed by atoms with Crippen molar-refractivity contribution in [1.29, 1.82) is 0 Å². The van der Waals surface area contributed by atoms with Gasteiger partial charge in [-0.25, -0.2) is 4.98 Å². The van der Waals surface area contributed by atoms with Crippen molar-refractivity contribution in [2.45, 2.75) is 19.8 Å². The van der Waals surface area contributed by atoms with Gasteiger partial charge in [0.1, 0.15) is 6.33 Å². The van der Waals surface area contributed by atoms with Crippen molar-refractivity contribution >= 4 is 11.5 Å². The molecular formula is C11H18N4O4. The molecule has 0 fully saturated rings. The maximum Gasteiger partial charge on any atom is 0.372 e. The number of ether oxygens (including phenoxy) is 1. The lowest BCUT2D eigenvalue weighted by molar-refractivity contribution is -0.385. The Balaban J connectivity index is 3.16. The summed E-state index contributed by atoms with van der Waals surface area (Å²) >= 11 is 0. The third-order valence-corrected chi connectivity index (χ3v) is 2.60. The van der Waals surface area contributed by atoms with Gasteiger partial charge in [-0.05, 0) is 6.42 Å². The van der Waals surface area contributed by atoms with E-state index in [2.05, 4.69) is 9.97 Å². The molecule has 0 bridgehead atoms. The highest BCUT2D eigenvalue weighted by Gasteiger charge is 2.27. The predicted octanol–water partition coefficient (Wildman–Crippen LogP) is 0.992. The van der Waals surface area contributed by atoms with Crippen LogP contribution in [0.4, 0.5) is 11.5 Å². The first-order chi connectivity index (χ1) is 9.15. The van der Waals surface area contributed by atoms with Gasteiger partial charge in [0.25, 0.3) is 5.88 Å². The van der Waals surface area contributed by atoms with Gasteiger partial charge in [-0.15, -0.1) is 0 Å². The highest BCUT2D eigenvalue weighted by atomic mass is 16.6. The molecule has 1 aromatic heterocycles. The van der Waals surface area contributed by atoms with Gasteiger partial charge in [0.2, 0.25) is 5.82 Å². The van der Waals surface area contributed by atoms with Crippen LogP contribution in [0.2, 0.25) is 0 Å². The molecule has 8 heteroatoms. The number of methoxy groups -OCH3 is 1. The van der Waals surface area contributed by atoms with E-state index >= 15 is 0 Å². The molecule has 0 unspecified atom stereocenters. The number of hydrogen-bond acceptors (Lipinski definition) is 7. The number of nitrogens with zero attached hydrogens (tertiary/aromatic N) is 4. The summed E-state index contributed by atoms with van der Waals surface area (Å²) in [6.45, 7) is 2.78. The number of nitro groups is 1. The molecule has 19 heavy (non-hydrogen) atoms. The van der Waals surface area contributed by atoms with E-state index in [0.29, 0.717) is 6.54 Å². The second kappa shape index (κ2) is 7.47. The van der Waals surface area contributed by atoms with Crippen LogP contribution in [0.1, 0.15) is 19.8 Å². The van der Waals surface area contributed by atoms with Gasteiger partial charge in [0, 0.05) is 13.1 Å². The van der Waals surface area contributed by atoms with Crippen molar-refractivity contribution in [3.63, 3.8) is 0 Å². The van der Waals surface area contributed by atoms with E-state index in [0.717, 1.165) is 12.8 Å². The van der Waals surface area contributed by atoms with Crippen LogP contribution >= 0.6 is 0 Å². The van der Waals surface area contributed by atoms with E-state index in [9.17, 15) is 10.1 Å². The first kappa shape index (κ1) is 15.1. The second-order valence-corrected chi connectivity index (χ2v) is 3.88. The molecule has 106 valence electrons. The third-order valence-electron chi connectivity index (χ3n) is 2.60. The van der Waals surface area contributed by atoms with E-state index in [4.69, 9.17) is 9.84 Å². The minimum absolute atomic E-state index is 0.0746. The maximum atomic E-state index is 11.1. The molecule has 1 heterocycles. The number of aromatic nitrogens is 2. The number of unbranched alkanes of at least 4 members (excludes halogenated alkanes) is 1. The summed E-state index contributed by atoms with van der Waals surface area (Å²) in [5.41, 5.74) is -0.269. The Labute approximate surface area is 111 Å². The molecule has 0 spiro atoms. The van der Waals surface area contributed by atoms with Crippen LogP contribution in [0, 0.1) is 10.1 Å². The smallest absolute Gasteiger partial charge is 0.372 e. The number of anilines is 1. The van der Waals surface area contributed by atoms with Crippen molar-refractivity contribution in [1.82, 2.24) is 9.97 Å². The maximum absolute atomic E-state index is 11.1. The van der Waals surface area contributed by atoms with Crippen LogP contribution in [0.3, 0.4) is 0 Å². The molecule has 0 aliphatic rings. The Morgan fingerprint density at radius 2 is 2.21 bits per heavy atom. The summed E-state index contributed by atoms with van der Waals surface area (Å²) < 4.78 is 4.90. The summed E-state index contributed by atoms with van der Waals surface area (Å²) in [6.07, 6.45) is 3.01. The lowest BCUT2D eigenvalue weighted by atomic mass is 10.3. The number of aliphatic hydroxyl groups is 1.